The molecule has 1 amide bonds. The van der Waals surface area contributed by atoms with E-state index in [9.17, 15) is 4.79 Å². The van der Waals surface area contributed by atoms with Crippen molar-refractivity contribution in [3.8, 4) is 17.1 Å². The van der Waals surface area contributed by atoms with Crippen molar-refractivity contribution in [2.24, 2.45) is 0 Å². The van der Waals surface area contributed by atoms with E-state index < -0.39 is 0 Å². The van der Waals surface area contributed by atoms with Gasteiger partial charge in [-0.2, -0.15) is 0 Å². The third kappa shape index (κ3) is 4.31. The van der Waals surface area contributed by atoms with Crippen LogP contribution >= 0.6 is 11.6 Å². The first kappa shape index (κ1) is 20.0. The van der Waals surface area contributed by atoms with Gasteiger partial charge in [-0.1, -0.05) is 41.4 Å². The summed E-state index contributed by atoms with van der Waals surface area (Å²) in [6.45, 7) is 5.88. The van der Waals surface area contributed by atoms with Gasteiger partial charge in [-0.3, -0.25) is 4.79 Å². The summed E-state index contributed by atoms with van der Waals surface area (Å²) in [4.78, 5) is 20.3. The number of fused-ring (bicyclic) bond motifs is 1. The summed E-state index contributed by atoms with van der Waals surface area (Å²) in [6.07, 6.45) is 0. The number of halogens is 1. The van der Waals surface area contributed by atoms with E-state index in [1.54, 1.807) is 0 Å². The number of H-pyrrole nitrogens is 1. The standard InChI is InChI=1S/C24H22ClN3O2/c1-14-7-8-22(16(3)9-14)30-13-23(29)26-18-6-4-5-17(11-18)24-27-20-10-15(2)19(25)12-21(20)28-24/h4-12H,13H2,1-3H3,(H,26,29)(H,27,28). The van der Waals surface area contributed by atoms with Gasteiger partial charge in [0.25, 0.3) is 5.91 Å². The van der Waals surface area contributed by atoms with Gasteiger partial charge in [0.15, 0.2) is 6.61 Å². The van der Waals surface area contributed by atoms with E-state index in [2.05, 4.69) is 15.3 Å². The highest BCUT2D eigenvalue weighted by molar-refractivity contribution is 6.32. The van der Waals surface area contributed by atoms with Crippen molar-refractivity contribution in [1.82, 2.24) is 9.97 Å². The Labute approximate surface area is 180 Å². The minimum Gasteiger partial charge on any atom is -0.483 e. The lowest BCUT2D eigenvalue weighted by Crippen LogP contribution is -2.20. The third-order valence-corrected chi connectivity index (χ3v) is 5.28. The van der Waals surface area contributed by atoms with Crippen LogP contribution < -0.4 is 10.1 Å². The Morgan fingerprint density at radius 3 is 2.70 bits per heavy atom. The maximum absolute atomic E-state index is 12.4. The zero-order chi connectivity index (χ0) is 21.3. The van der Waals surface area contributed by atoms with Crippen LogP contribution in [0.2, 0.25) is 5.02 Å². The first-order valence-electron chi connectivity index (χ1n) is 9.65. The lowest BCUT2D eigenvalue weighted by molar-refractivity contribution is -0.118. The molecule has 0 saturated carbocycles. The van der Waals surface area contributed by atoms with Gasteiger partial charge >= 0.3 is 0 Å². The molecule has 1 heterocycles. The maximum Gasteiger partial charge on any atom is 0.262 e. The Hall–Kier alpha value is -3.31. The van der Waals surface area contributed by atoms with Gasteiger partial charge in [-0.05, 0) is 62.2 Å². The van der Waals surface area contributed by atoms with Crippen molar-refractivity contribution in [2.45, 2.75) is 20.8 Å². The normalized spacial score (nSPS) is 10.9. The van der Waals surface area contributed by atoms with Crippen LogP contribution in [0.5, 0.6) is 5.75 Å². The van der Waals surface area contributed by atoms with Crippen molar-refractivity contribution < 1.29 is 9.53 Å². The molecule has 0 atom stereocenters. The van der Waals surface area contributed by atoms with Gasteiger partial charge in [0, 0.05) is 16.3 Å². The number of aromatic amines is 1. The molecule has 1 aromatic heterocycles. The molecule has 2 N–H and O–H groups in total. The number of aromatic nitrogens is 2. The van der Waals surface area contributed by atoms with E-state index in [4.69, 9.17) is 16.3 Å². The van der Waals surface area contributed by atoms with Crippen molar-refractivity contribution in [1.29, 1.82) is 0 Å². The van der Waals surface area contributed by atoms with Crippen LogP contribution in [0.3, 0.4) is 0 Å². The molecule has 4 rings (SSSR count). The number of anilines is 1. The molecule has 3 aromatic carbocycles. The van der Waals surface area contributed by atoms with Crippen molar-refractivity contribution in [2.75, 3.05) is 11.9 Å². The van der Waals surface area contributed by atoms with Crippen LogP contribution in [0.25, 0.3) is 22.4 Å². The molecule has 0 unspecified atom stereocenters. The molecule has 5 nitrogen and oxygen atoms in total. The van der Waals surface area contributed by atoms with Crippen LogP contribution in [0.1, 0.15) is 16.7 Å². The summed E-state index contributed by atoms with van der Waals surface area (Å²) in [5.74, 6) is 1.20. The van der Waals surface area contributed by atoms with E-state index >= 15 is 0 Å². The highest BCUT2D eigenvalue weighted by Crippen LogP contribution is 2.27. The number of hydrogen-bond donors (Lipinski definition) is 2. The molecule has 0 radical (unpaired) electrons. The Balaban J connectivity index is 1.47. The summed E-state index contributed by atoms with van der Waals surface area (Å²) in [7, 11) is 0. The molecule has 0 bridgehead atoms. The number of imidazole rings is 1. The minimum absolute atomic E-state index is 0.0590. The maximum atomic E-state index is 12.4. The van der Waals surface area contributed by atoms with E-state index in [0.717, 1.165) is 33.3 Å². The summed E-state index contributed by atoms with van der Waals surface area (Å²) in [6, 6.07) is 17.2. The molecule has 152 valence electrons. The lowest BCUT2D eigenvalue weighted by atomic mass is 10.1. The van der Waals surface area contributed by atoms with Crippen molar-refractivity contribution >= 4 is 34.2 Å². The van der Waals surface area contributed by atoms with Crippen molar-refractivity contribution in [3.05, 3.63) is 76.3 Å². The third-order valence-electron chi connectivity index (χ3n) is 4.87. The van der Waals surface area contributed by atoms with Gasteiger partial charge in [0.05, 0.1) is 11.0 Å². The van der Waals surface area contributed by atoms with E-state index in [0.29, 0.717) is 22.3 Å². The molecule has 0 fully saturated rings. The summed E-state index contributed by atoms with van der Waals surface area (Å²) in [5.41, 5.74) is 6.42. The first-order valence-corrected chi connectivity index (χ1v) is 10.0. The van der Waals surface area contributed by atoms with Gasteiger partial charge in [0.2, 0.25) is 0 Å². The molecule has 0 saturated heterocycles. The van der Waals surface area contributed by atoms with Crippen LogP contribution in [-0.2, 0) is 4.79 Å². The number of nitrogens with one attached hydrogen (secondary N) is 2. The number of benzene rings is 3. The molecule has 0 aliphatic heterocycles. The van der Waals surface area contributed by atoms with E-state index in [-0.39, 0.29) is 12.5 Å². The number of carbonyl (C=O) groups excluding carboxylic acids is 1. The first-order chi connectivity index (χ1) is 14.4. The number of amides is 1. The average molecular weight is 420 g/mol. The molecular weight excluding hydrogens is 398 g/mol. The number of rotatable bonds is 5. The summed E-state index contributed by atoms with van der Waals surface area (Å²) in [5, 5.41) is 3.56. The predicted octanol–water partition coefficient (Wildman–Crippen LogP) is 5.83. The van der Waals surface area contributed by atoms with E-state index in [1.165, 1.54) is 0 Å². The van der Waals surface area contributed by atoms with Gasteiger partial charge in [-0.15, -0.1) is 0 Å². The molecule has 0 aliphatic carbocycles. The number of hydrogen-bond acceptors (Lipinski definition) is 3. The van der Waals surface area contributed by atoms with Crippen molar-refractivity contribution in [3.63, 3.8) is 0 Å². The van der Waals surface area contributed by atoms with Crippen LogP contribution in [0, 0.1) is 20.8 Å². The average Bonchev–Trinajstić information content (AvgIpc) is 3.10. The molecular formula is C24H22ClN3O2. The minimum atomic E-state index is -0.223. The SMILES string of the molecule is Cc1ccc(OCC(=O)Nc2cccc(-c3nc4cc(Cl)c(C)cc4[nH]3)c2)c(C)c1. The number of aryl methyl sites for hydroxylation is 3. The second kappa shape index (κ2) is 8.20. The van der Waals surface area contributed by atoms with Gasteiger partial charge in [0.1, 0.15) is 11.6 Å². The van der Waals surface area contributed by atoms with E-state index in [1.807, 2.05) is 75.4 Å². The Morgan fingerprint density at radius 1 is 1.07 bits per heavy atom. The highest BCUT2D eigenvalue weighted by atomic mass is 35.5. The number of carbonyl (C=O) groups is 1. The zero-order valence-electron chi connectivity index (χ0n) is 17.0. The predicted molar refractivity (Wildman–Crippen MR) is 121 cm³/mol. The lowest BCUT2D eigenvalue weighted by Gasteiger charge is -2.10. The molecule has 0 spiro atoms. The Morgan fingerprint density at radius 2 is 1.90 bits per heavy atom. The largest absolute Gasteiger partial charge is 0.483 e. The monoisotopic (exact) mass is 419 g/mol. The molecule has 0 aliphatic rings. The number of nitrogens with zero attached hydrogens (tertiary/aromatic N) is 1. The fourth-order valence-corrected chi connectivity index (χ4v) is 3.48. The second-order valence-corrected chi connectivity index (χ2v) is 7.80. The Bertz CT molecular complexity index is 1210. The molecule has 6 heteroatoms. The van der Waals surface area contributed by atoms with Crippen LogP contribution in [0.15, 0.2) is 54.6 Å². The summed E-state index contributed by atoms with van der Waals surface area (Å²) < 4.78 is 5.66. The molecule has 4 aromatic rings. The number of ether oxygens (including phenoxy) is 1. The second-order valence-electron chi connectivity index (χ2n) is 7.39. The van der Waals surface area contributed by atoms with Gasteiger partial charge < -0.3 is 15.0 Å². The zero-order valence-corrected chi connectivity index (χ0v) is 17.8. The smallest absolute Gasteiger partial charge is 0.262 e. The van der Waals surface area contributed by atoms with Crippen LogP contribution in [0.4, 0.5) is 5.69 Å². The Kier molecular flexibility index (Phi) is 5.46. The fourth-order valence-electron chi connectivity index (χ4n) is 3.32. The quantitative estimate of drug-likeness (QED) is 0.428. The summed E-state index contributed by atoms with van der Waals surface area (Å²) >= 11 is 6.20. The van der Waals surface area contributed by atoms with Crippen LogP contribution in [-0.4, -0.2) is 22.5 Å². The fraction of sp³-hybridized carbons (Fsp3) is 0.167. The van der Waals surface area contributed by atoms with Gasteiger partial charge in [-0.25, -0.2) is 4.98 Å². The molecule has 30 heavy (non-hydrogen) atoms. The highest BCUT2D eigenvalue weighted by Gasteiger charge is 2.10. The topological polar surface area (TPSA) is 67.0 Å².